The molecule has 0 amide bonds. The quantitative estimate of drug-likeness (QED) is 0.771. The Labute approximate surface area is 85.7 Å². The number of aromatic amines is 1. The van der Waals surface area contributed by atoms with Crippen molar-refractivity contribution in [2.24, 2.45) is 0 Å². The maximum absolute atomic E-state index is 3.19. The molecule has 2 rings (SSSR count). The molecule has 1 nitrogen and oxygen atoms in total. The van der Waals surface area contributed by atoms with Crippen LogP contribution in [-0.2, 0) is 0 Å². The molecule has 0 saturated heterocycles. The van der Waals surface area contributed by atoms with Crippen molar-refractivity contribution in [2.75, 3.05) is 5.75 Å². The first-order chi connectivity index (χ1) is 6.40. The summed E-state index contributed by atoms with van der Waals surface area (Å²) in [4.78, 5) is 4.52. The zero-order valence-corrected chi connectivity index (χ0v) is 9.04. The van der Waals surface area contributed by atoms with Gasteiger partial charge in [-0.25, -0.2) is 0 Å². The average molecular weight is 209 g/mol. The first kappa shape index (κ1) is 9.03. The number of benzene rings is 1. The number of fused-ring (bicyclic) bond motifs is 1. The van der Waals surface area contributed by atoms with Gasteiger partial charge in [-0.05, 0) is 24.3 Å². The molecule has 0 aliphatic heterocycles. The van der Waals surface area contributed by atoms with Gasteiger partial charge in [0.1, 0.15) is 0 Å². The molecule has 68 valence electrons. The van der Waals surface area contributed by atoms with E-state index in [2.05, 4.69) is 36.2 Å². The smallest absolute Gasteiger partial charge is 0.0454 e. The van der Waals surface area contributed by atoms with E-state index in [9.17, 15) is 0 Å². The lowest BCUT2D eigenvalue weighted by molar-refractivity contribution is 1.45. The van der Waals surface area contributed by atoms with Gasteiger partial charge in [0, 0.05) is 27.7 Å². The van der Waals surface area contributed by atoms with Crippen molar-refractivity contribution in [2.45, 2.75) is 11.8 Å². The lowest BCUT2D eigenvalue weighted by Gasteiger charge is -1.98. The van der Waals surface area contributed by atoms with Crippen LogP contribution in [0.5, 0.6) is 0 Å². The molecule has 0 spiro atoms. The molecule has 0 unspecified atom stereocenters. The first-order valence-electron chi connectivity index (χ1n) is 4.27. The molecule has 3 heteroatoms. The number of nitrogens with one attached hydrogen (secondary N) is 1. The van der Waals surface area contributed by atoms with Gasteiger partial charge < -0.3 is 4.98 Å². The van der Waals surface area contributed by atoms with Crippen LogP contribution in [0.1, 0.15) is 6.92 Å². The lowest BCUT2D eigenvalue weighted by atomic mass is 10.2. The van der Waals surface area contributed by atoms with Crippen molar-refractivity contribution < 1.29 is 0 Å². The molecule has 1 aromatic heterocycles. The molecule has 1 aromatic carbocycles. The summed E-state index contributed by atoms with van der Waals surface area (Å²) in [6, 6.07) is 8.62. The monoisotopic (exact) mass is 209 g/mol. The maximum atomic E-state index is 3.19. The van der Waals surface area contributed by atoms with Crippen LogP contribution in [0.3, 0.4) is 0 Å². The lowest BCUT2D eigenvalue weighted by Crippen LogP contribution is -1.70. The van der Waals surface area contributed by atoms with E-state index in [1.807, 2.05) is 27.8 Å². The fourth-order valence-corrected chi connectivity index (χ4v) is 2.84. The van der Waals surface area contributed by atoms with E-state index in [0.717, 1.165) is 5.75 Å². The Balaban J connectivity index is 2.26. The van der Waals surface area contributed by atoms with E-state index >= 15 is 0 Å². The number of hydrogen-bond acceptors (Lipinski definition) is 2. The third kappa shape index (κ3) is 2.03. The molecule has 0 saturated carbocycles. The number of rotatable bonds is 3. The summed E-state index contributed by atoms with van der Waals surface area (Å²) < 4.78 is 0. The van der Waals surface area contributed by atoms with E-state index < -0.39 is 0 Å². The molecule has 13 heavy (non-hydrogen) atoms. The van der Waals surface area contributed by atoms with Crippen LogP contribution in [0.25, 0.3) is 10.9 Å². The Morgan fingerprint density at radius 2 is 2.23 bits per heavy atom. The average Bonchev–Trinajstić information content (AvgIpc) is 2.61. The normalized spacial score (nSPS) is 10.8. The zero-order valence-electron chi connectivity index (χ0n) is 7.41. The van der Waals surface area contributed by atoms with Gasteiger partial charge in [-0.2, -0.15) is 0 Å². The predicted octanol–water partition coefficient (Wildman–Crippen LogP) is 3.93. The molecule has 0 aliphatic carbocycles. The maximum Gasteiger partial charge on any atom is 0.0454 e. The highest BCUT2D eigenvalue weighted by Crippen LogP contribution is 2.32. The summed E-state index contributed by atoms with van der Waals surface area (Å²) in [6.45, 7) is 2.17. The van der Waals surface area contributed by atoms with E-state index in [0.29, 0.717) is 0 Å². The number of aromatic nitrogens is 1. The number of H-pyrrole nitrogens is 1. The molecule has 1 N–H and O–H groups in total. The van der Waals surface area contributed by atoms with Crippen molar-refractivity contribution >= 4 is 32.5 Å². The molecule has 0 radical (unpaired) electrons. The van der Waals surface area contributed by atoms with Gasteiger partial charge in [-0.1, -0.05) is 28.5 Å². The Hall–Kier alpha value is -0.540. The minimum Gasteiger partial charge on any atom is -0.361 e. The summed E-state index contributed by atoms with van der Waals surface area (Å²) in [7, 11) is 3.72. The van der Waals surface area contributed by atoms with Crippen molar-refractivity contribution in [1.29, 1.82) is 0 Å². The van der Waals surface area contributed by atoms with Crippen LogP contribution in [0.15, 0.2) is 35.4 Å². The standard InChI is InChI=1S/C10H11NS2/c1-2-12-13-9-3-4-10-8(7-9)5-6-11-10/h3-7,11H,2H2,1H3. The van der Waals surface area contributed by atoms with Crippen molar-refractivity contribution in [3.05, 3.63) is 30.5 Å². The molecule has 0 atom stereocenters. The summed E-state index contributed by atoms with van der Waals surface area (Å²) >= 11 is 0. The molecular weight excluding hydrogens is 198 g/mol. The van der Waals surface area contributed by atoms with Crippen molar-refractivity contribution in [3.63, 3.8) is 0 Å². The summed E-state index contributed by atoms with van der Waals surface area (Å²) in [5.74, 6) is 1.15. The summed E-state index contributed by atoms with van der Waals surface area (Å²) in [6.07, 6.45) is 1.98. The van der Waals surface area contributed by atoms with Crippen molar-refractivity contribution in [1.82, 2.24) is 4.98 Å². The molecule has 0 bridgehead atoms. The second-order valence-electron chi connectivity index (χ2n) is 2.72. The van der Waals surface area contributed by atoms with Crippen LogP contribution in [0.4, 0.5) is 0 Å². The second-order valence-corrected chi connectivity index (χ2v) is 5.37. The SMILES string of the molecule is CCSSc1ccc2[nH]ccc2c1. The largest absolute Gasteiger partial charge is 0.361 e. The summed E-state index contributed by atoms with van der Waals surface area (Å²) in [5, 5.41) is 1.29. The van der Waals surface area contributed by atoms with Crippen molar-refractivity contribution in [3.8, 4) is 0 Å². The third-order valence-electron chi connectivity index (χ3n) is 1.80. The van der Waals surface area contributed by atoms with E-state index in [1.54, 1.807) is 0 Å². The first-order valence-corrected chi connectivity index (χ1v) is 6.58. The van der Waals surface area contributed by atoms with Gasteiger partial charge in [-0.15, -0.1) is 0 Å². The Morgan fingerprint density at radius 3 is 3.08 bits per heavy atom. The van der Waals surface area contributed by atoms with Gasteiger partial charge in [0.25, 0.3) is 0 Å². The molecular formula is C10H11NS2. The van der Waals surface area contributed by atoms with Gasteiger partial charge in [0.05, 0.1) is 0 Å². The highest BCUT2D eigenvalue weighted by atomic mass is 33.1. The van der Waals surface area contributed by atoms with Crippen LogP contribution in [-0.4, -0.2) is 10.7 Å². The highest BCUT2D eigenvalue weighted by Gasteiger charge is 1.97. The predicted molar refractivity (Wildman–Crippen MR) is 62.3 cm³/mol. The third-order valence-corrected chi connectivity index (χ3v) is 4.24. The van der Waals surface area contributed by atoms with Gasteiger partial charge in [0.15, 0.2) is 0 Å². The highest BCUT2D eigenvalue weighted by molar-refractivity contribution is 8.76. The minimum absolute atomic E-state index is 1.15. The van der Waals surface area contributed by atoms with E-state index in [4.69, 9.17) is 0 Å². The molecule has 2 aromatic rings. The molecule has 0 aliphatic rings. The Bertz CT molecular complexity index is 394. The Kier molecular flexibility index (Phi) is 2.86. The number of hydrogen-bond donors (Lipinski definition) is 1. The minimum atomic E-state index is 1.15. The van der Waals surface area contributed by atoms with Crippen LogP contribution >= 0.6 is 21.6 Å². The fraction of sp³-hybridized carbons (Fsp3) is 0.200. The second kappa shape index (κ2) is 4.11. The van der Waals surface area contributed by atoms with Gasteiger partial charge >= 0.3 is 0 Å². The van der Waals surface area contributed by atoms with Gasteiger partial charge in [-0.3, -0.25) is 0 Å². The van der Waals surface area contributed by atoms with Crippen LogP contribution < -0.4 is 0 Å². The fourth-order valence-electron chi connectivity index (χ4n) is 1.21. The van der Waals surface area contributed by atoms with E-state index in [1.165, 1.54) is 15.8 Å². The van der Waals surface area contributed by atoms with Crippen LogP contribution in [0, 0.1) is 0 Å². The van der Waals surface area contributed by atoms with E-state index in [-0.39, 0.29) is 0 Å². The molecule has 1 heterocycles. The summed E-state index contributed by atoms with van der Waals surface area (Å²) in [5.41, 5.74) is 1.21. The topological polar surface area (TPSA) is 15.8 Å². The van der Waals surface area contributed by atoms with Gasteiger partial charge in [0.2, 0.25) is 0 Å². The zero-order chi connectivity index (χ0) is 9.10. The molecule has 0 fully saturated rings. The van der Waals surface area contributed by atoms with Crippen LogP contribution in [0.2, 0.25) is 0 Å². The Morgan fingerprint density at radius 1 is 1.31 bits per heavy atom.